The third-order valence-corrected chi connectivity index (χ3v) is 3.35. The number of ketones is 1. The van der Waals surface area contributed by atoms with Crippen molar-refractivity contribution in [3.05, 3.63) is 63.7 Å². The summed E-state index contributed by atoms with van der Waals surface area (Å²) < 4.78 is 5.55. The fourth-order valence-corrected chi connectivity index (χ4v) is 2.36. The van der Waals surface area contributed by atoms with Gasteiger partial charge in [-0.3, -0.25) is 4.79 Å². The Morgan fingerprint density at radius 1 is 1.10 bits per heavy atom. The smallest absolute Gasteiger partial charge is 0.197 e. The van der Waals surface area contributed by atoms with Crippen LogP contribution in [0.3, 0.4) is 0 Å². The lowest BCUT2D eigenvalue weighted by Crippen LogP contribution is -2.07. The summed E-state index contributed by atoms with van der Waals surface area (Å²) in [5.74, 6) is 0.587. The quantitative estimate of drug-likeness (QED) is 0.769. The molecule has 0 heterocycles. The highest BCUT2D eigenvalue weighted by molar-refractivity contribution is 6.30. The molecule has 2 rings (SSSR count). The molecule has 0 aliphatic heterocycles. The Hall–Kier alpha value is -1.80. The Balaban J connectivity index is 2.49. The van der Waals surface area contributed by atoms with Gasteiger partial charge in [-0.2, -0.15) is 0 Å². The lowest BCUT2D eigenvalue weighted by Gasteiger charge is -2.12. The SMILES string of the molecule is CCOc1ccc(C)cc1C(=O)c1ccc(Cl)cc1C. The van der Waals surface area contributed by atoms with Gasteiger partial charge in [0.25, 0.3) is 0 Å². The Kier molecular flexibility index (Phi) is 4.46. The van der Waals surface area contributed by atoms with E-state index in [-0.39, 0.29) is 5.78 Å². The van der Waals surface area contributed by atoms with Crippen LogP contribution in [0.1, 0.15) is 34.0 Å². The summed E-state index contributed by atoms with van der Waals surface area (Å²) in [6.45, 7) is 6.28. The van der Waals surface area contributed by atoms with Crippen molar-refractivity contribution in [2.24, 2.45) is 0 Å². The fourth-order valence-electron chi connectivity index (χ4n) is 2.13. The van der Waals surface area contributed by atoms with E-state index in [4.69, 9.17) is 16.3 Å². The van der Waals surface area contributed by atoms with E-state index < -0.39 is 0 Å². The first-order valence-electron chi connectivity index (χ1n) is 6.57. The molecule has 0 aliphatic carbocycles. The Bertz CT molecular complexity index is 647. The monoisotopic (exact) mass is 288 g/mol. The van der Waals surface area contributed by atoms with Crippen molar-refractivity contribution < 1.29 is 9.53 Å². The normalized spacial score (nSPS) is 10.4. The van der Waals surface area contributed by atoms with Crippen LogP contribution in [0.15, 0.2) is 36.4 Å². The zero-order valence-corrected chi connectivity index (χ0v) is 12.6. The number of carbonyl (C=O) groups is 1. The van der Waals surface area contributed by atoms with E-state index in [1.165, 1.54) is 0 Å². The number of rotatable bonds is 4. The molecule has 0 N–H and O–H groups in total. The van der Waals surface area contributed by atoms with Gasteiger partial charge >= 0.3 is 0 Å². The van der Waals surface area contributed by atoms with Crippen LogP contribution in [0.4, 0.5) is 0 Å². The highest BCUT2D eigenvalue weighted by Gasteiger charge is 2.17. The number of ether oxygens (including phenoxy) is 1. The van der Waals surface area contributed by atoms with E-state index >= 15 is 0 Å². The van der Waals surface area contributed by atoms with Gasteiger partial charge in [-0.05, 0) is 56.7 Å². The highest BCUT2D eigenvalue weighted by atomic mass is 35.5. The minimum absolute atomic E-state index is 0.0358. The molecule has 104 valence electrons. The number of hydrogen-bond donors (Lipinski definition) is 0. The van der Waals surface area contributed by atoms with Crippen LogP contribution in [0, 0.1) is 13.8 Å². The van der Waals surface area contributed by atoms with Gasteiger partial charge in [0, 0.05) is 10.6 Å². The summed E-state index contributed by atoms with van der Waals surface area (Å²) in [4.78, 5) is 12.7. The van der Waals surface area contributed by atoms with Crippen LogP contribution in [-0.2, 0) is 0 Å². The molecular formula is C17H17ClO2. The van der Waals surface area contributed by atoms with Gasteiger partial charge in [0.1, 0.15) is 5.75 Å². The second-order valence-corrected chi connectivity index (χ2v) is 5.16. The summed E-state index contributed by atoms with van der Waals surface area (Å²) in [6.07, 6.45) is 0. The number of benzene rings is 2. The second-order valence-electron chi connectivity index (χ2n) is 4.72. The van der Waals surface area contributed by atoms with Gasteiger partial charge in [0.15, 0.2) is 5.78 Å². The van der Waals surface area contributed by atoms with Gasteiger partial charge < -0.3 is 4.74 Å². The maximum absolute atomic E-state index is 12.7. The average Bonchev–Trinajstić information content (AvgIpc) is 2.40. The first-order chi connectivity index (χ1) is 9.52. The molecule has 2 nitrogen and oxygen atoms in total. The zero-order chi connectivity index (χ0) is 14.7. The highest BCUT2D eigenvalue weighted by Crippen LogP contribution is 2.25. The van der Waals surface area contributed by atoms with Crippen molar-refractivity contribution in [3.8, 4) is 5.75 Å². The Labute approximate surface area is 124 Å². The van der Waals surface area contributed by atoms with Crippen molar-refractivity contribution in [3.63, 3.8) is 0 Å². The van der Waals surface area contributed by atoms with Gasteiger partial charge in [-0.1, -0.05) is 23.2 Å². The van der Waals surface area contributed by atoms with E-state index in [1.807, 2.05) is 39.0 Å². The van der Waals surface area contributed by atoms with Crippen LogP contribution < -0.4 is 4.74 Å². The Morgan fingerprint density at radius 3 is 2.50 bits per heavy atom. The summed E-state index contributed by atoms with van der Waals surface area (Å²) in [5.41, 5.74) is 3.15. The van der Waals surface area contributed by atoms with Gasteiger partial charge in [0.2, 0.25) is 0 Å². The van der Waals surface area contributed by atoms with E-state index in [9.17, 15) is 4.79 Å². The lowest BCUT2D eigenvalue weighted by molar-refractivity contribution is 0.103. The molecule has 0 atom stereocenters. The molecule has 0 saturated carbocycles. The van der Waals surface area contributed by atoms with Gasteiger partial charge in [-0.25, -0.2) is 0 Å². The van der Waals surface area contributed by atoms with Crippen LogP contribution in [0.25, 0.3) is 0 Å². The summed E-state index contributed by atoms with van der Waals surface area (Å²) >= 11 is 5.94. The molecule has 0 spiro atoms. The van der Waals surface area contributed by atoms with Crippen molar-refractivity contribution in [1.29, 1.82) is 0 Å². The summed E-state index contributed by atoms with van der Waals surface area (Å²) in [5, 5.41) is 0.633. The minimum Gasteiger partial charge on any atom is -0.493 e. The molecule has 0 saturated heterocycles. The third-order valence-electron chi connectivity index (χ3n) is 3.11. The van der Waals surface area contributed by atoms with Crippen LogP contribution in [0.2, 0.25) is 5.02 Å². The first-order valence-corrected chi connectivity index (χ1v) is 6.95. The second kappa shape index (κ2) is 6.10. The third kappa shape index (κ3) is 3.02. The Morgan fingerprint density at radius 2 is 1.85 bits per heavy atom. The molecule has 0 radical (unpaired) electrons. The van der Waals surface area contributed by atoms with E-state index in [1.54, 1.807) is 18.2 Å². The average molecular weight is 289 g/mol. The van der Waals surface area contributed by atoms with E-state index in [2.05, 4.69) is 0 Å². The van der Waals surface area contributed by atoms with Crippen molar-refractivity contribution in [2.45, 2.75) is 20.8 Å². The maximum Gasteiger partial charge on any atom is 0.197 e. The zero-order valence-electron chi connectivity index (χ0n) is 11.9. The number of halogens is 1. The van der Waals surface area contributed by atoms with Gasteiger partial charge in [-0.15, -0.1) is 0 Å². The fraction of sp³-hybridized carbons (Fsp3) is 0.235. The van der Waals surface area contributed by atoms with Crippen LogP contribution >= 0.6 is 11.6 Å². The van der Waals surface area contributed by atoms with Crippen LogP contribution in [0.5, 0.6) is 5.75 Å². The van der Waals surface area contributed by atoms with Gasteiger partial charge in [0.05, 0.1) is 12.2 Å². The van der Waals surface area contributed by atoms with Crippen molar-refractivity contribution in [2.75, 3.05) is 6.61 Å². The molecule has 0 bridgehead atoms. The predicted octanol–water partition coefficient (Wildman–Crippen LogP) is 4.59. The van der Waals surface area contributed by atoms with E-state index in [0.29, 0.717) is 28.5 Å². The van der Waals surface area contributed by atoms with Crippen molar-refractivity contribution >= 4 is 17.4 Å². The maximum atomic E-state index is 12.7. The topological polar surface area (TPSA) is 26.3 Å². The minimum atomic E-state index is -0.0358. The largest absolute Gasteiger partial charge is 0.493 e. The molecule has 0 unspecified atom stereocenters. The molecule has 20 heavy (non-hydrogen) atoms. The lowest BCUT2D eigenvalue weighted by atomic mass is 9.97. The molecule has 3 heteroatoms. The summed E-state index contributed by atoms with van der Waals surface area (Å²) in [6, 6.07) is 10.9. The first kappa shape index (κ1) is 14.6. The molecule has 0 amide bonds. The number of hydrogen-bond acceptors (Lipinski definition) is 2. The standard InChI is InChI=1S/C17H17ClO2/c1-4-20-16-8-5-11(2)9-15(16)17(19)14-7-6-13(18)10-12(14)3/h5-10H,4H2,1-3H3. The van der Waals surface area contributed by atoms with Crippen molar-refractivity contribution in [1.82, 2.24) is 0 Å². The predicted molar refractivity (Wildman–Crippen MR) is 82.0 cm³/mol. The molecule has 0 aliphatic rings. The van der Waals surface area contributed by atoms with Crippen LogP contribution in [-0.4, -0.2) is 12.4 Å². The molecule has 0 fully saturated rings. The number of aryl methyl sites for hydroxylation is 2. The molecular weight excluding hydrogens is 272 g/mol. The molecule has 0 aromatic heterocycles. The molecule has 2 aromatic rings. The number of carbonyl (C=O) groups excluding carboxylic acids is 1. The molecule has 2 aromatic carbocycles. The van der Waals surface area contributed by atoms with E-state index in [0.717, 1.165) is 11.1 Å². The summed E-state index contributed by atoms with van der Waals surface area (Å²) in [7, 11) is 0.